The highest BCUT2D eigenvalue weighted by Gasteiger charge is 2.28. The molecule has 0 amide bonds. The molecule has 4 nitrogen and oxygen atoms in total. The number of benzene rings is 1. The largest absolute Gasteiger partial charge is 0.370 e. The van der Waals surface area contributed by atoms with Gasteiger partial charge in [0.2, 0.25) is 0 Å². The molecule has 1 aromatic heterocycles. The predicted molar refractivity (Wildman–Crippen MR) is 60.4 cm³/mol. The fourth-order valence-electron chi connectivity index (χ4n) is 1.50. The van der Waals surface area contributed by atoms with Gasteiger partial charge in [0.15, 0.2) is 5.82 Å². The van der Waals surface area contributed by atoms with Crippen molar-refractivity contribution in [3.05, 3.63) is 35.8 Å². The average molecular weight is 256 g/mol. The summed E-state index contributed by atoms with van der Waals surface area (Å²) in [6.07, 6.45) is 1.52. The second kappa shape index (κ2) is 4.32. The number of aromatic nitrogens is 3. The van der Waals surface area contributed by atoms with Crippen LogP contribution in [0.25, 0.3) is 5.69 Å². The molecule has 0 fully saturated rings. The number of nitrogens with one attached hydrogen (secondary N) is 1. The van der Waals surface area contributed by atoms with Crippen LogP contribution in [0.1, 0.15) is 12.5 Å². The Kier molecular flexibility index (Phi) is 2.98. The highest BCUT2D eigenvalue weighted by Crippen LogP contribution is 2.30. The molecule has 0 spiro atoms. The lowest BCUT2D eigenvalue weighted by molar-refractivity contribution is 0.0137. The van der Waals surface area contributed by atoms with E-state index in [-0.39, 0.29) is 0 Å². The second-order valence-electron chi connectivity index (χ2n) is 3.85. The molecule has 0 aliphatic rings. The van der Waals surface area contributed by atoms with Gasteiger partial charge in [-0.25, -0.2) is 17.9 Å². The Labute approximate surface area is 101 Å². The van der Waals surface area contributed by atoms with Crippen LogP contribution < -0.4 is 5.32 Å². The summed E-state index contributed by atoms with van der Waals surface area (Å²) in [4.78, 5) is 0. The summed E-state index contributed by atoms with van der Waals surface area (Å²) in [7, 11) is 1.66. The number of hydrogen-bond donors (Lipinski definition) is 1. The zero-order valence-electron chi connectivity index (χ0n) is 9.78. The molecule has 2 aromatic rings. The summed E-state index contributed by atoms with van der Waals surface area (Å²) in [5.74, 6) is -3.70. The van der Waals surface area contributed by atoms with Crippen LogP contribution in [-0.4, -0.2) is 22.0 Å². The van der Waals surface area contributed by atoms with Crippen molar-refractivity contribution < 1.29 is 13.2 Å². The molecule has 0 radical (unpaired) electrons. The number of anilines is 1. The summed E-state index contributed by atoms with van der Waals surface area (Å²) in [6.45, 7) is 0.648. The third-order valence-electron chi connectivity index (χ3n) is 2.44. The fraction of sp³-hybridized carbons (Fsp3) is 0.273. The molecule has 1 N–H and O–H groups in total. The fourth-order valence-corrected chi connectivity index (χ4v) is 1.50. The van der Waals surface area contributed by atoms with Gasteiger partial charge in [0.05, 0.1) is 17.4 Å². The Morgan fingerprint density at radius 2 is 2.06 bits per heavy atom. The third kappa shape index (κ3) is 2.29. The van der Waals surface area contributed by atoms with Crippen LogP contribution >= 0.6 is 0 Å². The van der Waals surface area contributed by atoms with E-state index in [1.807, 2.05) is 0 Å². The maximum Gasteiger partial charge on any atom is 0.273 e. The van der Waals surface area contributed by atoms with E-state index in [0.717, 1.165) is 12.1 Å². The van der Waals surface area contributed by atoms with E-state index < -0.39 is 17.3 Å². The normalized spacial score (nSPS) is 11.6. The molecule has 96 valence electrons. The van der Waals surface area contributed by atoms with Gasteiger partial charge in [0.25, 0.3) is 5.92 Å². The molecule has 0 saturated carbocycles. The van der Waals surface area contributed by atoms with Crippen LogP contribution in [0.2, 0.25) is 0 Å². The van der Waals surface area contributed by atoms with Gasteiger partial charge in [-0.15, -0.1) is 5.10 Å². The summed E-state index contributed by atoms with van der Waals surface area (Å²) in [5.41, 5.74) is -0.344. The molecular weight excluding hydrogens is 245 g/mol. The third-order valence-corrected chi connectivity index (χ3v) is 2.44. The van der Waals surface area contributed by atoms with Gasteiger partial charge in [-0.05, 0) is 18.2 Å². The molecule has 2 rings (SSSR count). The summed E-state index contributed by atoms with van der Waals surface area (Å²) < 4.78 is 41.0. The van der Waals surface area contributed by atoms with Crippen molar-refractivity contribution in [2.75, 3.05) is 12.4 Å². The molecule has 1 heterocycles. The van der Waals surface area contributed by atoms with Crippen LogP contribution in [0.5, 0.6) is 0 Å². The van der Waals surface area contributed by atoms with Crippen molar-refractivity contribution in [2.24, 2.45) is 0 Å². The minimum Gasteiger partial charge on any atom is -0.370 e. The quantitative estimate of drug-likeness (QED) is 0.917. The van der Waals surface area contributed by atoms with E-state index in [2.05, 4.69) is 15.6 Å². The maximum atomic E-state index is 13.3. The first-order valence-corrected chi connectivity index (χ1v) is 5.20. The van der Waals surface area contributed by atoms with Gasteiger partial charge in [0.1, 0.15) is 5.82 Å². The van der Waals surface area contributed by atoms with Crippen LogP contribution in [-0.2, 0) is 5.92 Å². The van der Waals surface area contributed by atoms with Crippen molar-refractivity contribution in [1.82, 2.24) is 15.0 Å². The lowest BCUT2D eigenvalue weighted by atomic mass is 10.1. The second-order valence-corrected chi connectivity index (χ2v) is 3.85. The van der Waals surface area contributed by atoms with Crippen LogP contribution in [0, 0.1) is 5.82 Å². The van der Waals surface area contributed by atoms with Gasteiger partial charge in [-0.3, -0.25) is 0 Å². The standard InChI is InChI=1S/C11H11F3N4/c1-11(13,14)8-5-7(3-4-9(8)12)18-6-10(15-2)16-17-18/h3-6,15H,1-2H3. The Morgan fingerprint density at radius 3 is 2.61 bits per heavy atom. The Balaban J connectivity index is 2.47. The monoisotopic (exact) mass is 256 g/mol. The SMILES string of the molecule is CNc1cn(-c2ccc(F)c(C(C)(F)F)c2)nn1. The highest BCUT2D eigenvalue weighted by molar-refractivity contribution is 5.40. The van der Waals surface area contributed by atoms with Crippen molar-refractivity contribution in [3.63, 3.8) is 0 Å². The highest BCUT2D eigenvalue weighted by atomic mass is 19.3. The van der Waals surface area contributed by atoms with E-state index >= 15 is 0 Å². The topological polar surface area (TPSA) is 42.7 Å². The van der Waals surface area contributed by atoms with Gasteiger partial charge >= 0.3 is 0 Å². The van der Waals surface area contributed by atoms with E-state index in [0.29, 0.717) is 18.4 Å². The minimum atomic E-state index is -3.24. The first-order chi connectivity index (χ1) is 8.41. The number of alkyl halides is 2. The molecule has 1 aromatic carbocycles. The lowest BCUT2D eigenvalue weighted by Crippen LogP contribution is -2.11. The van der Waals surface area contributed by atoms with Crippen molar-refractivity contribution >= 4 is 5.82 Å². The van der Waals surface area contributed by atoms with E-state index in [1.54, 1.807) is 7.05 Å². The predicted octanol–water partition coefficient (Wildman–Crippen LogP) is 2.56. The molecule has 0 aliphatic heterocycles. The Bertz CT molecular complexity index is 560. The maximum absolute atomic E-state index is 13.3. The number of hydrogen-bond acceptors (Lipinski definition) is 3. The van der Waals surface area contributed by atoms with Crippen molar-refractivity contribution in [1.29, 1.82) is 0 Å². The molecular formula is C11H11F3N4. The number of nitrogens with zero attached hydrogens (tertiary/aromatic N) is 3. The van der Waals surface area contributed by atoms with E-state index in [1.165, 1.54) is 16.9 Å². The molecule has 0 unspecified atom stereocenters. The first-order valence-electron chi connectivity index (χ1n) is 5.20. The lowest BCUT2D eigenvalue weighted by Gasteiger charge is -2.12. The number of rotatable bonds is 3. The summed E-state index contributed by atoms with van der Waals surface area (Å²) in [6, 6.07) is 3.41. The Hall–Kier alpha value is -2.05. The van der Waals surface area contributed by atoms with Crippen LogP contribution in [0.15, 0.2) is 24.4 Å². The van der Waals surface area contributed by atoms with Gasteiger partial charge in [0, 0.05) is 14.0 Å². The van der Waals surface area contributed by atoms with Gasteiger partial charge < -0.3 is 5.32 Å². The first kappa shape index (κ1) is 12.4. The zero-order chi connectivity index (χ0) is 13.3. The summed E-state index contributed by atoms with van der Waals surface area (Å²) in [5, 5.41) is 10.2. The molecule has 7 heteroatoms. The molecule has 0 aliphatic carbocycles. The van der Waals surface area contributed by atoms with Gasteiger partial charge in [-0.1, -0.05) is 5.21 Å². The smallest absolute Gasteiger partial charge is 0.273 e. The molecule has 18 heavy (non-hydrogen) atoms. The zero-order valence-corrected chi connectivity index (χ0v) is 9.78. The van der Waals surface area contributed by atoms with Crippen molar-refractivity contribution in [3.8, 4) is 5.69 Å². The average Bonchev–Trinajstić information content (AvgIpc) is 2.76. The van der Waals surface area contributed by atoms with Crippen LogP contribution in [0.4, 0.5) is 19.0 Å². The van der Waals surface area contributed by atoms with Crippen molar-refractivity contribution in [2.45, 2.75) is 12.8 Å². The minimum absolute atomic E-state index is 0.321. The van der Waals surface area contributed by atoms with E-state index in [4.69, 9.17) is 0 Å². The molecule has 0 saturated heterocycles. The van der Waals surface area contributed by atoms with Gasteiger partial charge in [-0.2, -0.15) is 0 Å². The Morgan fingerprint density at radius 1 is 1.33 bits per heavy atom. The van der Waals surface area contributed by atoms with E-state index in [9.17, 15) is 13.2 Å². The molecule has 0 bridgehead atoms. The molecule has 0 atom stereocenters. The number of halogens is 3. The van der Waals surface area contributed by atoms with Crippen LogP contribution in [0.3, 0.4) is 0 Å². The summed E-state index contributed by atoms with van der Waals surface area (Å²) >= 11 is 0.